The van der Waals surface area contributed by atoms with Gasteiger partial charge in [-0.3, -0.25) is 19.3 Å². The Balaban J connectivity index is 1.35. The molecule has 8 heteroatoms. The molecule has 2 fully saturated rings. The highest BCUT2D eigenvalue weighted by Crippen LogP contribution is 2.29. The molecule has 0 saturated carbocycles. The number of amides is 3. The molecule has 1 atom stereocenters. The maximum atomic E-state index is 13.0. The number of carbonyl (C=O) groups excluding carboxylic acids is 3. The molecule has 2 saturated heterocycles. The smallest absolute Gasteiger partial charge is 0.251 e. The number of carbonyl (C=O) groups is 3. The molecule has 0 spiro atoms. The topological polar surface area (TPSA) is 79.0 Å². The van der Waals surface area contributed by atoms with Crippen LogP contribution in [-0.2, 0) is 9.59 Å². The SMILES string of the molecule is COc1cccc(N2C(=O)C[C@@H](N3CCC(NC(=O)c4ccc(F)cc4)CC3)C2=O)c1. The van der Waals surface area contributed by atoms with Crippen molar-refractivity contribution in [2.24, 2.45) is 0 Å². The van der Waals surface area contributed by atoms with E-state index in [0.717, 1.165) is 0 Å². The Labute approximate surface area is 179 Å². The number of rotatable bonds is 5. The van der Waals surface area contributed by atoms with Crippen LogP contribution in [0.25, 0.3) is 0 Å². The zero-order valence-corrected chi connectivity index (χ0v) is 17.2. The molecule has 2 aromatic rings. The van der Waals surface area contributed by atoms with E-state index in [4.69, 9.17) is 4.74 Å². The average Bonchev–Trinajstić information content (AvgIpc) is 3.08. The lowest BCUT2D eigenvalue weighted by Gasteiger charge is -2.35. The predicted molar refractivity (Wildman–Crippen MR) is 112 cm³/mol. The number of hydrogen-bond acceptors (Lipinski definition) is 5. The van der Waals surface area contributed by atoms with Gasteiger partial charge in [0, 0.05) is 30.8 Å². The molecular weight excluding hydrogens is 401 g/mol. The van der Waals surface area contributed by atoms with E-state index in [1.165, 1.54) is 36.3 Å². The zero-order valence-electron chi connectivity index (χ0n) is 17.2. The number of piperidine rings is 1. The van der Waals surface area contributed by atoms with Gasteiger partial charge in [0.25, 0.3) is 11.8 Å². The maximum absolute atomic E-state index is 13.0. The lowest BCUT2D eigenvalue weighted by molar-refractivity contribution is -0.123. The predicted octanol–water partition coefficient (Wildman–Crippen LogP) is 2.36. The van der Waals surface area contributed by atoms with Crippen LogP contribution < -0.4 is 15.0 Å². The normalized spacial score (nSPS) is 20.2. The molecule has 31 heavy (non-hydrogen) atoms. The third-order valence-electron chi connectivity index (χ3n) is 5.85. The number of methoxy groups -OCH3 is 1. The van der Waals surface area contributed by atoms with E-state index in [9.17, 15) is 18.8 Å². The number of ether oxygens (including phenoxy) is 1. The molecule has 2 heterocycles. The fraction of sp³-hybridized carbons (Fsp3) is 0.348. The van der Waals surface area contributed by atoms with Crippen molar-refractivity contribution < 1.29 is 23.5 Å². The molecule has 162 valence electrons. The molecule has 2 aliphatic heterocycles. The van der Waals surface area contributed by atoms with Gasteiger partial charge >= 0.3 is 0 Å². The number of hydrogen-bond donors (Lipinski definition) is 1. The minimum atomic E-state index is -0.493. The van der Waals surface area contributed by atoms with Crippen molar-refractivity contribution in [2.75, 3.05) is 25.1 Å². The van der Waals surface area contributed by atoms with Crippen LogP contribution in [0.5, 0.6) is 5.75 Å². The highest BCUT2D eigenvalue weighted by Gasteiger charge is 2.43. The van der Waals surface area contributed by atoms with Gasteiger partial charge in [0.2, 0.25) is 5.91 Å². The van der Waals surface area contributed by atoms with Crippen molar-refractivity contribution >= 4 is 23.4 Å². The average molecular weight is 425 g/mol. The standard InChI is InChI=1S/C23H24FN3O4/c1-31-19-4-2-3-18(13-19)27-21(28)14-20(23(27)30)26-11-9-17(10-12-26)25-22(29)15-5-7-16(24)8-6-15/h2-8,13,17,20H,9-12,14H2,1H3,(H,25,29)/t20-/m1/s1. The summed E-state index contributed by atoms with van der Waals surface area (Å²) in [6, 6.07) is 11.8. The van der Waals surface area contributed by atoms with Gasteiger partial charge in [-0.25, -0.2) is 9.29 Å². The van der Waals surface area contributed by atoms with Crippen LogP contribution in [-0.4, -0.2) is 54.9 Å². The first kappa shape index (κ1) is 21.0. The number of imide groups is 1. The molecular formula is C23H24FN3O4. The van der Waals surface area contributed by atoms with Crippen LogP contribution in [0.1, 0.15) is 29.6 Å². The molecule has 0 unspecified atom stereocenters. The fourth-order valence-electron chi connectivity index (χ4n) is 4.15. The van der Waals surface area contributed by atoms with Gasteiger partial charge in [0.05, 0.1) is 25.3 Å². The van der Waals surface area contributed by atoms with Crippen molar-refractivity contribution in [2.45, 2.75) is 31.3 Å². The van der Waals surface area contributed by atoms with Crippen molar-refractivity contribution in [3.05, 3.63) is 59.9 Å². The minimum Gasteiger partial charge on any atom is -0.497 e. The van der Waals surface area contributed by atoms with Crippen molar-refractivity contribution in [1.29, 1.82) is 0 Å². The molecule has 1 N–H and O–H groups in total. The monoisotopic (exact) mass is 425 g/mol. The Bertz CT molecular complexity index is 987. The zero-order chi connectivity index (χ0) is 22.0. The van der Waals surface area contributed by atoms with Gasteiger partial charge in [-0.1, -0.05) is 6.07 Å². The van der Waals surface area contributed by atoms with Crippen LogP contribution in [0.3, 0.4) is 0 Å². The second-order valence-electron chi connectivity index (χ2n) is 7.78. The third kappa shape index (κ3) is 4.44. The summed E-state index contributed by atoms with van der Waals surface area (Å²) < 4.78 is 18.2. The van der Waals surface area contributed by atoms with Crippen molar-refractivity contribution in [3.63, 3.8) is 0 Å². The van der Waals surface area contributed by atoms with Crippen molar-refractivity contribution in [1.82, 2.24) is 10.2 Å². The van der Waals surface area contributed by atoms with Crippen molar-refractivity contribution in [3.8, 4) is 5.75 Å². The summed E-state index contributed by atoms with van der Waals surface area (Å²) in [5.41, 5.74) is 0.924. The summed E-state index contributed by atoms with van der Waals surface area (Å²) in [5.74, 6) is -0.500. The van der Waals surface area contributed by atoms with Crippen LogP contribution in [0.2, 0.25) is 0 Å². The molecule has 2 aliphatic rings. The highest BCUT2D eigenvalue weighted by molar-refractivity contribution is 6.22. The first-order valence-electron chi connectivity index (χ1n) is 10.3. The van der Waals surface area contributed by atoms with Crippen LogP contribution in [0, 0.1) is 5.82 Å². The first-order chi connectivity index (χ1) is 15.0. The summed E-state index contributed by atoms with van der Waals surface area (Å²) in [6.45, 7) is 1.20. The summed E-state index contributed by atoms with van der Waals surface area (Å²) in [5, 5.41) is 2.97. The Morgan fingerprint density at radius 3 is 2.48 bits per heavy atom. The number of benzene rings is 2. The van der Waals surface area contributed by atoms with Gasteiger partial charge in [0.1, 0.15) is 11.6 Å². The quantitative estimate of drug-likeness (QED) is 0.744. The van der Waals surface area contributed by atoms with Gasteiger partial charge in [-0.15, -0.1) is 0 Å². The number of nitrogens with one attached hydrogen (secondary N) is 1. The summed E-state index contributed by atoms with van der Waals surface area (Å²) in [4.78, 5) is 41.2. The number of nitrogens with zero attached hydrogens (tertiary/aromatic N) is 2. The van der Waals surface area contributed by atoms with E-state index >= 15 is 0 Å². The summed E-state index contributed by atoms with van der Waals surface area (Å²) >= 11 is 0. The highest BCUT2D eigenvalue weighted by atomic mass is 19.1. The molecule has 7 nitrogen and oxygen atoms in total. The van der Waals surface area contributed by atoms with Gasteiger partial charge in [-0.05, 0) is 49.2 Å². The number of anilines is 1. The van der Waals surface area contributed by atoms with E-state index in [0.29, 0.717) is 42.9 Å². The van der Waals surface area contributed by atoms with E-state index in [-0.39, 0.29) is 36.0 Å². The summed E-state index contributed by atoms with van der Waals surface area (Å²) in [7, 11) is 1.54. The van der Waals surface area contributed by atoms with Crippen LogP contribution >= 0.6 is 0 Å². The molecule has 0 aliphatic carbocycles. The molecule has 0 bridgehead atoms. The van der Waals surface area contributed by atoms with Gasteiger partial charge in [-0.2, -0.15) is 0 Å². The molecule has 3 amide bonds. The Morgan fingerprint density at radius 1 is 1.10 bits per heavy atom. The van der Waals surface area contributed by atoms with Crippen LogP contribution in [0.4, 0.5) is 10.1 Å². The Hall–Kier alpha value is -3.26. The summed E-state index contributed by atoms with van der Waals surface area (Å²) in [6.07, 6.45) is 1.48. The largest absolute Gasteiger partial charge is 0.497 e. The minimum absolute atomic E-state index is 0.0319. The fourth-order valence-corrected chi connectivity index (χ4v) is 4.15. The van der Waals surface area contributed by atoms with Gasteiger partial charge < -0.3 is 10.1 Å². The number of likely N-dealkylation sites (tertiary alicyclic amines) is 1. The maximum Gasteiger partial charge on any atom is 0.251 e. The van der Waals surface area contributed by atoms with Gasteiger partial charge in [0.15, 0.2) is 0 Å². The second kappa shape index (κ2) is 8.85. The Morgan fingerprint density at radius 2 is 1.81 bits per heavy atom. The first-order valence-corrected chi connectivity index (χ1v) is 10.3. The van der Waals surface area contributed by atoms with Crippen LogP contribution in [0.15, 0.2) is 48.5 Å². The lowest BCUT2D eigenvalue weighted by Crippen LogP contribution is -2.50. The van der Waals surface area contributed by atoms with E-state index in [1.54, 1.807) is 24.3 Å². The van der Waals surface area contributed by atoms with E-state index in [1.807, 2.05) is 4.90 Å². The van der Waals surface area contributed by atoms with E-state index < -0.39 is 6.04 Å². The third-order valence-corrected chi connectivity index (χ3v) is 5.85. The second-order valence-corrected chi connectivity index (χ2v) is 7.78. The van der Waals surface area contributed by atoms with E-state index in [2.05, 4.69) is 5.32 Å². The number of halogens is 1. The molecule has 2 aromatic carbocycles. The Kier molecular flexibility index (Phi) is 5.99. The molecule has 0 aromatic heterocycles. The molecule has 4 rings (SSSR count). The molecule has 0 radical (unpaired) electrons. The lowest BCUT2D eigenvalue weighted by atomic mass is 10.0.